The zero-order valence-electron chi connectivity index (χ0n) is 11.8. The number of rotatable bonds is 5. The fourth-order valence-corrected chi connectivity index (χ4v) is 2.99. The van der Waals surface area contributed by atoms with Crippen LogP contribution in [-0.4, -0.2) is 21.8 Å². The predicted molar refractivity (Wildman–Crippen MR) is 87.6 cm³/mol. The van der Waals surface area contributed by atoms with Crippen LogP contribution in [0.4, 0.5) is 5.69 Å². The molecule has 0 radical (unpaired) electrons. The average Bonchev–Trinajstić information content (AvgIpc) is 2.45. The van der Waals surface area contributed by atoms with Crippen molar-refractivity contribution in [2.45, 2.75) is 11.4 Å². The highest BCUT2D eigenvalue weighted by molar-refractivity contribution is 9.10. The molecular formula is C15H16BrNO3S. The summed E-state index contributed by atoms with van der Waals surface area (Å²) in [6.07, 6.45) is 1.20. The minimum Gasteiger partial charge on any atom is -0.496 e. The van der Waals surface area contributed by atoms with Gasteiger partial charge >= 0.3 is 0 Å². The third-order valence-electron chi connectivity index (χ3n) is 2.99. The lowest BCUT2D eigenvalue weighted by Gasteiger charge is -2.11. The van der Waals surface area contributed by atoms with E-state index in [9.17, 15) is 8.42 Å². The second kappa shape index (κ2) is 6.49. The molecular weight excluding hydrogens is 354 g/mol. The molecule has 2 aromatic carbocycles. The maximum absolute atomic E-state index is 11.6. The number of ether oxygens (including phenoxy) is 1. The summed E-state index contributed by atoms with van der Waals surface area (Å²) in [6, 6.07) is 12.5. The van der Waals surface area contributed by atoms with E-state index in [0.717, 1.165) is 21.5 Å². The number of hydrogen-bond donors (Lipinski definition) is 1. The average molecular weight is 370 g/mol. The molecule has 1 N–H and O–H groups in total. The van der Waals surface area contributed by atoms with Crippen molar-refractivity contribution < 1.29 is 13.2 Å². The van der Waals surface area contributed by atoms with Crippen LogP contribution in [0.2, 0.25) is 0 Å². The molecule has 112 valence electrons. The van der Waals surface area contributed by atoms with Crippen LogP contribution in [0, 0.1) is 0 Å². The molecule has 0 aromatic heterocycles. The first-order valence-corrected chi connectivity index (χ1v) is 8.95. The Bertz CT molecular complexity index is 744. The van der Waals surface area contributed by atoms with Crippen LogP contribution in [0.25, 0.3) is 0 Å². The Hall–Kier alpha value is -1.53. The molecule has 2 aromatic rings. The van der Waals surface area contributed by atoms with Gasteiger partial charge in [-0.2, -0.15) is 0 Å². The summed E-state index contributed by atoms with van der Waals surface area (Å²) in [5.74, 6) is 0.782. The highest BCUT2D eigenvalue weighted by Gasteiger charge is 2.08. The largest absolute Gasteiger partial charge is 0.496 e. The summed E-state index contributed by atoms with van der Waals surface area (Å²) in [5.41, 5.74) is 1.73. The van der Waals surface area contributed by atoms with Gasteiger partial charge in [-0.05, 0) is 36.4 Å². The van der Waals surface area contributed by atoms with Crippen molar-refractivity contribution in [3.05, 3.63) is 52.5 Å². The third-order valence-corrected chi connectivity index (χ3v) is 4.59. The van der Waals surface area contributed by atoms with Gasteiger partial charge in [-0.15, -0.1) is 0 Å². The molecule has 0 saturated carbocycles. The van der Waals surface area contributed by atoms with Crippen molar-refractivity contribution in [1.29, 1.82) is 0 Å². The van der Waals surface area contributed by atoms with E-state index in [1.807, 2.05) is 24.3 Å². The van der Waals surface area contributed by atoms with Gasteiger partial charge in [-0.1, -0.05) is 22.0 Å². The van der Waals surface area contributed by atoms with E-state index >= 15 is 0 Å². The maximum Gasteiger partial charge on any atom is 0.175 e. The Morgan fingerprint density at radius 1 is 1.19 bits per heavy atom. The molecule has 0 aliphatic carbocycles. The number of benzene rings is 2. The van der Waals surface area contributed by atoms with Crippen molar-refractivity contribution in [2.24, 2.45) is 0 Å². The van der Waals surface area contributed by atoms with Gasteiger partial charge in [0, 0.05) is 28.5 Å². The van der Waals surface area contributed by atoms with E-state index in [0.29, 0.717) is 11.4 Å². The van der Waals surface area contributed by atoms with Gasteiger partial charge in [0.1, 0.15) is 5.75 Å². The minimum absolute atomic E-state index is 0.300. The first kappa shape index (κ1) is 15.9. The van der Waals surface area contributed by atoms with Crippen LogP contribution in [-0.2, 0) is 16.4 Å². The molecule has 6 heteroatoms. The van der Waals surface area contributed by atoms with Gasteiger partial charge in [0.2, 0.25) is 0 Å². The van der Waals surface area contributed by atoms with E-state index in [4.69, 9.17) is 4.74 Å². The molecule has 0 heterocycles. The maximum atomic E-state index is 11.6. The summed E-state index contributed by atoms with van der Waals surface area (Å²) in [4.78, 5) is 0.300. The van der Waals surface area contributed by atoms with Crippen molar-refractivity contribution in [3.63, 3.8) is 0 Å². The van der Waals surface area contributed by atoms with E-state index in [-0.39, 0.29) is 0 Å². The Labute approximate surface area is 133 Å². The van der Waals surface area contributed by atoms with Gasteiger partial charge in [0.05, 0.1) is 12.0 Å². The number of methoxy groups -OCH3 is 1. The predicted octanol–water partition coefficient (Wildman–Crippen LogP) is 3.47. The number of hydrogen-bond acceptors (Lipinski definition) is 4. The second-order valence-corrected chi connectivity index (χ2v) is 7.54. The van der Waals surface area contributed by atoms with Gasteiger partial charge in [0.25, 0.3) is 0 Å². The van der Waals surface area contributed by atoms with Crippen LogP contribution in [0.3, 0.4) is 0 Å². The number of sulfone groups is 1. The van der Waals surface area contributed by atoms with Crippen molar-refractivity contribution in [1.82, 2.24) is 0 Å². The van der Waals surface area contributed by atoms with E-state index in [1.165, 1.54) is 6.26 Å². The molecule has 0 aliphatic heterocycles. The summed E-state index contributed by atoms with van der Waals surface area (Å²) in [5, 5.41) is 3.21. The Kier molecular flexibility index (Phi) is 4.90. The highest BCUT2D eigenvalue weighted by atomic mass is 79.9. The summed E-state index contributed by atoms with van der Waals surface area (Å²) in [7, 11) is -1.58. The lowest BCUT2D eigenvalue weighted by molar-refractivity contribution is 0.410. The lowest BCUT2D eigenvalue weighted by atomic mass is 10.2. The van der Waals surface area contributed by atoms with Gasteiger partial charge in [-0.25, -0.2) is 8.42 Å². The highest BCUT2D eigenvalue weighted by Crippen LogP contribution is 2.24. The number of anilines is 1. The van der Waals surface area contributed by atoms with E-state index in [1.54, 1.807) is 25.3 Å². The third kappa shape index (κ3) is 4.22. The van der Waals surface area contributed by atoms with Gasteiger partial charge in [-0.3, -0.25) is 0 Å². The fraction of sp³-hybridized carbons (Fsp3) is 0.200. The molecule has 4 nitrogen and oxygen atoms in total. The van der Waals surface area contributed by atoms with E-state index in [2.05, 4.69) is 21.2 Å². The molecule has 2 rings (SSSR count). The van der Waals surface area contributed by atoms with Crippen LogP contribution in [0.5, 0.6) is 5.75 Å². The smallest absolute Gasteiger partial charge is 0.175 e. The monoisotopic (exact) mass is 369 g/mol. The number of nitrogens with one attached hydrogen (secondary N) is 1. The van der Waals surface area contributed by atoms with Crippen molar-refractivity contribution in [3.8, 4) is 5.75 Å². The van der Waals surface area contributed by atoms with Gasteiger partial charge < -0.3 is 10.1 Å². The van der Waals surface area contributed by atoms with Crippen LogP contribution < -0.4 is 10.1 Å². The molecule has 0 fully saturated rings. The van der Waals surface area contributed by atoms with Crippen LogP contribution in [0.1, 0.15) is 5.56 Å². The fourth-order valence-electron chi connectivity index (χ4n) is 1.92. The molecule has 0 amide bonds. The normalized spacial score (nSPS) is 11.2. The molecule has 0 atom stereocenters. The Morgan fingerprint density at radius 2 is 1.95 bits per heavy atom. The van der Waals surface area contributed by atoms with Crippen molar-refractivity contribution >= 4 is 31.5 Å². The molecule has 0 unspecified atom stereocenters. The molecule has 0 saturated heterocycles. The molecule has 0 bridgehead atoms. The summed E-state index contributed by atoms with van der Waals surface area (Å²) in [6.45, 7) is 0.538. The SMILES string of the molecule is COc1ccc(Br)cc1CNc1cccc(S(C)(=O)=O)c1. The second-order valence-electron chi connectivity index (χ2n) is 4.61. The van der Waals surface area contributed by atoms with Crippen LogP contribution in [0.15, 0.2) is 51.8 Å². The Morgan fingerprint density at radius 3 is 2.62 bits per heavy atom. The topological polar surface area (TPSA) is 55.4 Å². The van der Waals surface area contributed by atoms with Crippen molar-refractivity contribution in [2.75, 3.05) is 18.7 Å². The van der Waals surface area contributed by atoms with Gasteiger partial charge in [0.15, 0.2) is 9.84 Å². The minimum atomic E-state index is -3.20. The standard InChI is InChI=1S/C15H16BrNO3S/c1-20-15-7-6-12(16)8-11(15)10-17-13-4-3-5-14(9-13)21(2,18)19/h3-9,17H,10H2,1-2H3. The molecule has 0 spiro atoms. The van der Waals surface area contributed by atoms with E-state index < -0.39 is 9.84 Å². The number of halogens is 1. The zero-order valence-corrected chi connectivity index (χ0v) is 14.2. The molecule has 0 aliphatic rings. The zero-order chi connectivity index (χ0) is 15.5. The Balaban J connectivity index is 2.19. The molecule has 21 heavy (non-hydrogen) atoms. The summed E-state index contributed by atoms with van der Waals surface area (Å²) < 4.78 is 29.4. The quantitative estimate of drug-likeness (QED) is 0.876. The first-order chi connectivity index (χ1) is 9.90. The van der Waals surface area contributed by atoms with Crippen LogP contribution >= 0.6 is 15.9 Å². The first-order valence-electron chi connectivity index (χ1n) is 6.26. The summed E-state index contributed by atoms with van der Waals surface area (Å²) >= 11 is 3.43. The lowest BCUT2D eigenvalue weighted by Crippen LogP contribution is -2.03.